The molecule has 1 aromatic heterocycles. The normalized spacial score (nSPS) is 16.3. The number of hydrogen-bond donors (Lipinski definition) is 2. The van der Waals surface area contributed by atoms with Crippen LogP contribution in [0, 0.1) is 35.0 Å². The van der Waals surface area contributed by atoms with E-state index in [0.29, 0.717) is 35.4 Å². The lowest BCUT2D eigenvalue weighted by Crippen LogP contribution is -2.32. The van der Waals surface area contributed by atoms with Crippen molar-refractivity contribution in [2.45, 2.75) is 33.6 Å². The first-order chi connectivity index (χ1) is 12.2. The predicted molar refractivity (Wildman–Crippen MR) is 95.0 cm³/mol. The van der Waals surface area contributed by atoms with Crippen LogP contribution in [0.15, 0.2) is 14.6 Å². The van der Waals surface area contributed by atoms with E-state index < -0.39 is 5.91 Å². The molecule has 0 atom stereocenters. The number of guanidine groups is 1. The van der Waals surface area contributed by atoms with Crippen LogP contribution in [0.2, 0.25) is 0 Å². The van der Waals surface area contributed by atoms with E-state index in [0.717, 1.165) is 4.90 Å². The van der Waals surface area contributed by atoms with Gasteiger partial charge in [-0.25, -0.2) is 0 Å². The molecular formula is C17H21N7O2. The number of furan rings is 1. The van der Waals surface area contributed by atoms with Gasteiger partial charge in [0.1, 0.15) is 18.8 Å². The molecule has 0 spiro atoms. The van der Waals surface area contributed by atoms with Gasteiger partial charge in [-0.3, -0.25) is 4.79 Å². The maximum Gasteiger partial charge on any atom is 0.291 e. The van der Waals surface area contributed by atoms with E-state index in [-0.39, 0.29) is 30.2 Å². The van der Waals surface area contributed by atoms with Gasteiger partial charge in [0.2, 0.25) is 5.96 Å². The van der Waals surface area contributed by atoms with E-state index in [9.17, 15) is 4.79 Å². The molecule has 1 aliphatic rings. The lowest BCUT2D eigenvalue weighted by molar-refractivity contribution is 0.0759. The number of nitriles is 2. The molecule has 0 bridgehead atoms. The maximum atomic E-state index is 12.7. The zero-order chi connectivity index (χ0) is 19.5. The first-order valence-corrected chi connectivity index (χ1v) is 8.01. The Morgan fingerprint density at radius 1 is 1.27 bits per heavy atom. The summed E-state index contributed by atoms with van der Waals surface area (Å²) in [6.07, 6.45) is 1.23. The third kappa shape index (κ3) is 3.83. The molecule has 0 aliphatic heterocycles. The van der Waals surface area contributed by atoms with Gasteiger partial charge in [-0.1, -0.05) is 13.8 Å². The number of rotatable bonds is 4. The Balaban J connectivity index is 2.54. The minimum atomic E-state index is -0.501. The fourth-order valence-corrected chi connectivity index (χ4v) is 3.04. The molecule has 0 saturated heterocycles. The summed E-state index contributed by atoms with van der Waals surface area (Å²) in [7, 11) is 0. The van der Waals surface area contributed by atoms with Gasteiger partial charge in [-0.15, -0.1) is 5.10 Å². The summed E-state index contributed by atoms with van der Waals surface area (Å²) in [5.74, 6) is 0.0733. The lowest BCUT2D eigenvalue weighted by atomic mass is 9.75. The monoisotopic (exact) mass is 355 g/mol. The average molecular weight is 355 g/mol. The van der Waals surface area contributed by atoms with Gasteiger partial charge in [0.25, 0.3) is 5.91 Å². The molecule has 0 saturated carbocycles. The maximum absolute atomic E-state index is 12.7. The zero-order valence-electron chi connectivity index (χ0n) is 15.0. The quantitative estimate of drug-likeness (QED) is 0.355. The molecule has 0 aromatic carbocycles. The van der Waals surface area contributed by atoms with Gasteiger partial charge in [0, 0.05) is 17.5 Å². The summed E-state index contributed by atoms with van der Waals surface area (Å²) in [6.45, 7) is 5.46. The highest BCUT2D eigenvalue weighted by Crippen LogP contribution is 2.39. The molecule has 1 aliphatic carbocycles. The highest BCUT2D eigenvalue weighted by molar-refractivity contribution is 6.07. The van der Waals surface area contributed by atoms with E-state index in [1.807, 2.05) is 12.1 Å². The molecule has 1 aromatic rings. The van der Waals surface area contributed by atoms with Crippen molar-refractivity contribution in [2.75, 3.05) is 13.1 Å². The van der Waals surface area contributed by atoms with Gasteiger partial charge < -0.3 is 20.8 Å². The largest absolute Gasteiger partial charge is 0.455 e. The minimum absolute atomic E-state index is 0.107. The number of carbonyl (C=O) groups is 1. The summed E-state index contributed by atoms with van der Waals surface area (Å²) >= 11 is 0. The van der Waals surface area contributed by atoms with Gasteiger partial charge in [-0.2, -0.15) is 15.6 Å². The van der Waals surface area contributed by atoms with Gasteiger partial charge >= 0.3 is 0 Å². The fraction of sp³-hybridized carbons (Fsp3) is 0.471. The van der Waals surface area contributed by atoms with Crippen molar-refractivity contribution in [1.29, 1.82) is 10.5 Å². The van der Waals surface area contributed by atoms with Crippen molar-refractivity contribution in [2.24, 2.45) is 27.1 Å². The van der Waals surface area contributed by atoms with E-state index in [4.69, 9.17) is 26.4 Å². The summed E-state index contributed by atoms with van der Waals surface area (Å²) in [5, 5.41) is 25.6. The summed E-state index contributed by atoms with van der Waals surface area (Å²) in [4.78, 5) is 13.9. The Morgan fingerprint density at radius 2 is 1.88 bits per heavy atom. The van der Waals surface area contributed by atoms with Gasteiger partial charge in [-0.05, 0) is 18.8 Å². The van der Waals surface area contributed by atoms with Crippen LogP contribution >= 0.6 is 0 Å². The molecular weight excluding hydrogens is 334 g/mol. The number of fused-ring (bicyclic) bond motifs is 1. The van der Waals surface area contributed by atoms with Crippen molar-refractivity contribution in [3.05, 3.63) is 22.6 Å². The van der Waals surface area contributed by atoms with Crippen molar-refractivity contribution < 1.29 is 9.21 Å². The second kappa shape index (κ2) is 7.28. The molecule has 4 N–H and O–H groups in total. The van der Waals surface area contributed by atoms with Crippen LogP contribution in [-0.2, 0) is 6.42 Å². The molecule has 9 nitrogen and oxygen atoms in total. The average Bonchev–Trinajstić information content (AvgIpc) is 2.87. The Kier molecular flexibility index (Phi) is 5.32. The SMILES string of the molecule is Cc1c(C(=O)N(CC#N)CC#N)oc2c1/C(=N\N=C(N)N)CC(C)(C)C2. The van der Waals surface area contributed by atoms with E-state index in [1.54, 1.807) is 6.92 Å². The Bertz CT molecular complexity index is 845. The highest BCUT2D eigenvalue weighted by atomic mass is 16.4. The van der Waals surface area contributed by atoms with Crippen LogP contribution in [0.3, 0.4) is 0 Å². The van der Waals surface area contributed by atoms with Crippen LogP contribution in [-0.4, -0.2) is 35.6 Å². The molecule has 9 heteroatoms. The molecule has 1 heterocycles. The van der Waals surface area contributed by atoms with Crippen LogP contribution < -0.4 is 11.5 Å². The van der Waals surface area contributed by atoms with Crippen LogP contribution in [0.1, 0.15) is 47.7 Å². The molecule has 0 fully saturated rings. The zero-order valence-corrected chi connectivity index (χ0v) is 15.0. The molecule has 0 radical (unpaired) electrons. The predicted octanol–water partition coefficient (Wildman–Crippen LogP) is 1.03. The molecule has 0 unspecified atom stereocenters. The van der Waals surface area contributed by atoms with Crippen molar-refractivity contribution in [1.82, 2.24) is 4.90 Å². The minimum Gasteiger partial charge on any atom is -0.455 e. The van der Waals surface area contributed by atoms with E-state index in [1.165, 1.54) is 0 Å². The van der Waals surface area contributed by atoms with Crippen LogP contribution in [0.5, 0.6) is 0 Å². The van der Waals surface area contributed by atoms with Crippen LogP contribution in [0.4, 0.5) is 0 Å². The Morgan fingerprint density at radius 3 is 2.42 bits per heavy atom. The topological polar surface area (TPSA) is 158 Å². The number of carbonyl (C=O) groups excluding carboxylic acids is 1. The first-order valence-electron chi connectivity index (χ1n) is 8.01. The fourth-order valence-electron chi connectivity index (χ4n) is 3.04. The highest BCUT2D eigenvalue weighted by Gasteiger charge is 2.36. The third-order valence-electron chi connectivity index (χ3n) is 4.08. The molecule has 1 amide bonds. The first kappa shape index (κ1) is 19.0. The second-order valence-electron chi connectivity index (χ2n) is 6.92. The van der Waals surface area contributed by atoms with E-state index in [2.05, 4.69) is 24.1 Å². The van der Waals surface area contributed by atoms with Crippen LogP contribution in [0.25, 0.3) is 0 Å². The smallest absolute Gasteiger partial charge is 0.291 e. The number of nitrogens with two attached hydrogens (primary N) is 2. The van der Waals surface area contributed by atoms with Gasteiger partial charge in [0.05, 0.1) is 17.9 Å². The summed E-state index contributed by atoms with van der Waals surface area (Å²) in [5.41, 5.74) is 12.5. The molecule has 2 rings (SSSR count). The lowest BCUT2D eigenvalue weighted by Gasteiger charge is -2.29. The van der Waals surface area contributed by atoms with Crippen molar-refractivity contribution >= 4 is 17.6 Å². The van der Waals surface area contributed by atoms with Crippen molar-refractivity contribution in [3.63, 3.8) is 0 Å². The van der Waals surface area contributed by atoms with Gasteiger partial charge in [0.15, 0.2) is 5.76 Å². The Labute approximate surface area is 151 Å². The summed E-state index contributed by atoms with van der Waals surface area (Å²) in [6, 6.07) is 3.76. The van der Waals surface area contributed by atoms with Crippen molar-refractivity contribution in [3.8, 4) is 12.1 Å². The molecule has 26 heavy (non-hydrogen) atoms. The number of nitrogens with zero attached hydrogens (tertiary/aromatic N) is 5. The summed E-state index contributed by atoms with van der Waals surface area (Å²) < 4.78 is 5.84. The third-order valence-corrected chi connectivity index (χ3v) is 4.08. The standard InChI is InChI=1S/C17H21N7O2/c1-10-13-11(22-23-16(20)21)8-17(2,3)9-12(13)26-14(10)15(25)24(6-4-18)7-5-19/h6-9H2,1-3H3,(H4,20,21,23)/b22-11-. The molecule has 136 valence electrons. The Hall–Kier alpha value is -3.33. The van der Waals surface area contributed by atoms with E-state index >= 15 is 0 Å². The second-order valence-corrected chi connectivity index (χ2v) is 6.92. The number of hydrogen-bond acceptors (Lipinski definition) is 6. The number of amides is 1.